The maximum atomic E-state index is 13.1. The lowest BCUT2D eigenvalue weighted by atomic mass is 10.0. The Balaban J connectivity index is 5.16. The number of carbonyl (C=O) groups is 4. The van der Waals surface area contributed by atoms with Gasteiger partial charge in [0.25, 0.3) is 0 Å². The second kappa shape index (κ2) is 71.7. The van der Waals surface area contributed by atoms with Gasteiger partial charge >= 0.3 is 39.5 Å². The zero-order chi connectivity index (χ0) is 72.8. The predicted octanol–water partition coefficient (Wildman–Crippen LogP) is 23.9. The third-order valence-electron chi connectivity index (χ3n) is 18.7. The second-order valence-electron chi connectivity index (χ2n) is 29.8. The van der Waals surface area contributed by atoms with Crippen molar-refractivity contribution in [2.24, 2.45) is 11.8 Å². The summed E-state index contributed by atoms with van der Waals surface area (Å²) in [6.07, 6.45) is 61.4. The molecule has 99 heavy (non-hydrogen) atoms. The molecule has 0 spiro atoms. The zero-order valence-electron chi connectivity index (χ0n) is 64.8. The van der Waals surface area contributed by atoms with E-state index >= 15 is 0 Å². The summed E-state index contributed by atoms with van der Waals surface area (Å²) in [7, 11) is -9.91. The minimum absolute atomic E-state index is 0.105. The summed E-state index contributed by atoms with van der Waals surface area (Å²) < 4.78 is 68.5. The van der Waals surface area contributed by atoms with Gasteiger partial charge in [0.15, 0.2) is 12.2 Å². The largest absolute Gasteiger partial charge is 0.472 e. The van der Waals surface area contributed by atoms with E-state index in [9.17, 15) is 43.2 Å². The third-order valence-corrected chi connectivity index (χ3v) is 20.6. The number of phosphoric ester groups is 2. The van der Waals surface area contributed by atoms with Gasteiger partial charge in [-0.2, -0.15) is 0 Å². The van der Waals surface area contributed by atoms with Gasteiger partial charge in [0.05, 0.1) is 26.4 Å². The number of aliphatic hydroxyl groups is 1. The Bertz CT molecular complexity index is 1910. The Labute approximate surface area is 607 Å². The van der Waals surface area contributed by atoms with E-state index in [1.165, 1.54) is 225 Å². The maximum Gasteiger partial charge on any atom is 0.472 e. The Hall–Kier alpha value is -1.94. The third kappa shape index (κ3) is 74.1. The number of esters is 4. The van der Waals surface area contributed by atoms with Crippen LogP contribution in [-0.2, 0) is 65.4 Å². The number of aliphatic hydroxyl groups excluding tert-OH is 1. The normalized spacial score (nSPS) is 13.9. The number of hydrogen-bond donors (Lipinski definition) is 3. The molecule has 0 aliphatic rings. The summed E-state index contributed by atoms with van der Waals surface area (Å²) in [5.41, 5.74) is 0. The number of unbranched alkanes of at least 4 members (excludes halogenated alkanes) is 49. The van der Waals surface area contributed by atoms with Gasteiger partial charge in [-0.25, -0.2) is 9.13 Å². The van der Waals surface area contributed by atoms with Gasteiger partial charge in [0.2, 0.25) is 0 Å². The highest BCUT2D eigenvalue weighted by molar-refractivity contribution is 7.47. The summed E-state index contributed by atoms with van der Waals surface area (Å²) in [5, 5.41) is 10.6. The molecular weight excluding hydrogens is 1290 g/mol. The highest BCUT2D eigenvalue weighted by Crippen LogP contribution is 2.45. The van der Waals surface area contributed by atoms with Crippen molar-refractivity contribution in [2.45, 2.75) is 439 Å². The predicted molar refractivity (Wildman–Crippen MR) is 405 cm³/mol. The molecule has 0 heterocycles. The van der Waals surface area contributed by atoms with Crippen molar-refractivity contribution < 1.29 is 80.2 Å². The fraction of sp³-hybridized carbons (Fsp3) is 0.950. The monoisotopic (exact) mass is 1450 g/mol. The van der Waals surface area contributed by atoms with Crippen molar-refractivity contribution in [3.8, 4) is 0 Å². The van der Waals surface area contributed by atoms with Crippen LogP contribution in [0.25, 0.3) is 0 Å². The lowest BCUT2D eigenvalue weighted by molar-refractivity contribution is -0.161. The molecule has 588 valence electrons. The van der Waals surface area contributed by atoms with E-state index in [4.69, 9.17) is 37.0 Å². The van der Waals surface area contributed by atoms with E-state index in [0.717, 1.165) is 115 Å². The van der Waals surface area contributed by atoms with Gasteiger partial charge in [0, 0.05) is 25.7 Å². The first-order valence-corrected chi connectivity index (χ1v) is 44.5. The van der Waals surface area contributed by atoms with Crippen LogP contribution in [0.5, 0.6) is 0 Å². The van der Waals surface area contributed by atoms with E-state index in [1.807, 2.05) is 0 Å². The van der Waals surface area contributed by atoms with E-state index in [1.54, 1.807) is 0 Å². The van der Waals surface area contributed by atoms with Crippen LogP contribution < -0.4 is 0 Å². The van der Waals surface area contributed by atoms with Gasteiger partial charge in [-0.15, -0.1) is 0 Å². The van der Waals surface area contributed by atoms with E-state index < -0.39 is 97.5 Å². The molecule has 0 aliphatic carbocycles. The second-order valence-corrected chi connectivity index (χ2v) is 32.7. The Kier molecular flexibility index (Phi) is 70.3. The molecule has 0 saturated heterocycles. The van der Waals surface area contributed by atoms with Crippen molar-refractivity contribution in [1.82, 2.24) is 0 Å². The van der Waals surface area contributed by atoms with E-state index in [2.05, 4.69) is 41.5 Å². The standard InChI is InChI=1S/C80H156O17P2/c1-7-9-11-13-15-16-17-18-19-20-21-22-23-24-29-32-35-40-46-52-58-64-79(84)97-76(69-91-78(83)63-57-51-45-39-34-31-28-26-25-27-30-33-37-43-48-54-60-72(3)4)71-95-99(88,89)93-67-74(81)66-92-98(86,87)94-70-75(68-90-77(82)62-56-50-42-14-12-10-8-2)96-80(85)65-59-53-47-41-36-38-44-49-55-61-73(5)6/h72-76,81H,7-71H2,1-6H3,(H,86,87)(H,88,89)/t74-,75+,76+/m0/s1. The molecule has 2 unspecified atom stereocenters. The molecule has 0 rings (SSSR count). The number of hydrogen-bond acceptors (Lipinski definition) is 15. The van der Waals surface area contributed by atoms with Gasteiger partial charge in [-0.1, -0.05) is 369 Å². The number of ether oxygens (including phenoxy) is 4. The highest BCUT2D eigenvalue weighted by atomic mass is 31.2. The van der Waals surface area contributed by atoms with Gasteiger partial charge < -0.3 is 33.8 Å². The molecule has 0 bridgehead atoms. The Morgan fingerprint density at radius 1 is 0.273 bits per heavy atom. The molecule has 0 amide bonds. The zero-order valence-corrected chi connectivity index (χ0v) is 66.6. The molecule has 0 aromatic carbocycles. The lowest BCUT2D eigenvalue weighted by Gasteiger charge is -2.21. The molecule has 0 aliphatic heterocycles. The van der Waals surface area contributed by atoms with Crippen LogP contribution in [0.2, 0.25) is 0 Å². The SMILES string of the molecule is CCCCCCCCCCCCCCCCCCCCCCCC(=O)O[C@H](COC(=O)CCCCCCCCCCCCCCCCCCC(C)C)COP(=O)(O)OC[C@@H](O)COP(=O)(O)OC[C@@H](COC(=O)CCCCCCCCC)OC(=O)CCCCCCCCCCCC(C)C. The van der Waals surface area contributed by atoms with Crippen LogP contribution in [0, 0.1) is 11.8 Å². The maximum absolute atomic E-state index is 13.1. The van der Waals surface area contributed by atoms with Crippen LogP contribution >= 0.6 is 15.6 Å². The van der Waals surface area contributed by atoms with Gasteiger partial charge in [-0.05, 0) is 37.5 Å². The van der Waals surface area contributed by atoms with Gasteiger partial charge in [-0.3, -0.25) is 37.3 Å². The van der Waals surface area contributed by atoms with Crippen molar-refractivity contribution in [2.75, 3.05) is 39.6 Å². The molecule has 0 saturated carbocycles. The van der Waals surface area contributed by atoms with Crippen LogP contribution in [-0.4, -0.2) is 96.7 Å². The summed E-state index contributed by atoms with van der Waals surface area (Å²) >= 11 is 0. The average molecular weight is 1450 g/mol. The molecule has 19 heteroatoms. The molecule has 5 atom stereocenters. The lowest BCUT2D eigenvalue weighted by Crippen LogP contribution is -2.30. The van der Waals surface area contributed by atoms with E-state index in [-0.39, 0.29) is 25.7 Å². The summed E-state index contributed by atoms with van der Waals surface area (Å²) in [6.45, 7) is 9.58. The first kappa shape index (κ1) is 97.1. The quantitative estimate of drug-likeness (QED) is 0.0222. The molecule has 0 radical (unpaired) electrons. The van der Waals surface area contributed by atoms with Crippen LogP contribution in [0.4, 0.5) is 0 Å². The van der Waals surface area contributed by atoms with Crippen molar-refractivity contribution in [3.63, 3.8) is 0 Å². The molecule has 0 aromatic heterocycles. The fourth-order valence-electron chi connectivity index (χ4n) is 12.4. The minimum Gasteiger partial charge on any atom is -0.462 e. The summed E-state index contributed by atoms with van der Waals surface area (Å²) in [4.78, 5) is 72.8. The van der Waals surface area contributed by atoms with Crippen LogP contribution in [0.1, 0.15) is 420 Å². The van der Waals surface area contributed by atoms with Crippen LogP contribution in [0.15, 0.2) is 0 Å². The smallest absolute Gasteiger partial charge is 0.462 e. The molecule has 0 aromatic rings. The number of rotatable bonds is 79. The minimum atomic E-state index is -4.96. The van der Waals surface area contributed by atoms with Crippen molar-refractivity contribution in [3.05, 3.63) is 0 Å². The van der Waals surface area contributed by atoms with E-state index in [0.29, 0.717) is 25.7 Å². The molecular formula is C80H156O17P2. The number of carbonyl (C=O) groups excluding carboxylic acids is 4. The summed E-state index contributed by atoms with van der Waals surface area (Å²) in [6, 6.07) is 0. The first-order valence-electron chi connectivity index (χ1n) is 41.5. The molecule has 17 nitrogen and oxygen atoms in total. The highest BCUT2D eigenvalue weighted by Gasteiger charge is 2.30. The summed E-state index contributed by atoms with van der Waals surface area (Å²) in [5.74, 6) is -0.568. The number of phosphoric acid groups is 2. The molecule has 0 fully saturated rings. The van der Waals surface area contributed by atoms with Crippen molar-refractivity contribution >= 4 is 39.5 Å². The molecule has 3 N–H and O–H groups in total. The van der Waals surface area contributed by atoms with Gasteiger partial charge in [0.1, 0.15) is 19.3 Å². The van der Waals surface area contributed by atoms with Crippen LogP contribution in [0.3, 0.4) is 0 Å². The Morgan fingerprint density at radius 3 is 0.687 bits per heavy atom. The fourth-order valence-corrected chi connectivity index (χ4v) is 13.9. The average Bonchev–Trinajstić information content (AvgIpc) is 1.14. The topological polar surface area (TPSA) is 237 Å². The van der Waals surface area contributed by atoms with Crippen molar-refractivity contribution in [1.29, 1.82) is 0 Å². The first-order chi connectivity index (χ1) is 47.9. The Morgan fingerprint density at radius 2 is 0.465 bits per heavy atom.